The first kappa shape index (κ1) is 16.1. The minimum atomic E-state index is -3.78. The van der Waals surface area contributed by atoms with E-state index in [1.165, 1.54) is 0 Å². The van der Waals surface area contributed by atoms with E-state index in [1.807, 2.05) is 6.92 Å². The Morgan fingerprint density at radius 2 is 2.15 bits per heavy atom. The molecule has 0 aliphatic carbocycles. The molecule has 1 unspecified atom stereocenters. The van der Waals surface area contributed by atoms with Gasteiger partial charge >= 0.3 is 29.6 Å². The second-order valence-electron chi connectivity index (χ2n) is 2.87. The van der Waals surface area contributed by atoms with Crippen molar-refractivity contribution >= 4 is 10.1 Å². The fourth-order valence-electron chi connectivity index (χ4n) is 1.04. The Morgan fingerprint density at radius 1 is 1.62 bits per heavy atom. The van der Waals surface area contributed by atoms with Crippen molar-refractivity contribution in [2.24, 2.45) is 5.92 Å². The van der Waals surface area contributed by atoms with Crippen LogP contribution in [0, 0.1) is 5.92 Å². The zero-order valence-corrected chi connectivity index (χ0v) is 11.2. The predicted octanol–water partition coefficient (Wildman–Crippen LogP) is -1.02. The summed E-state index contributed by atoms with van der Waals surface area (Å²) in [5.41, 5.74) is 0. The Kier molecular flexibility index (Phi) is 9.90. The SMILES string of the molecule is C=CCC(CC)CCS(=O)(=O)O.[H-].[Na+]. The zero-order valence-electron chi connectivity index (χ0n) is 9.36. The molecule has 0 rings (SSSR count). The van der Waals surface area contributed by atoms with Crippen LogP contribution in [0.25, 0.3) is 0 Å². The summed E-state index contributed by atoms with van der Waals surface area (Å²) in [4.78, 5) is 0. The predicted molar refractivity (Wildman–Crippen MR) is 50.7 cm³/mol. The third-order valence-electron chi connectivity index (χ3n) is 1.86. The number of hydrogen-bond acceptors (Lipinski definition) is 2. The molecule has 3 nitrogen and oxygen atoms in total. The van der Waals surface area contributed by atoms with Crippen LogP contribution in [0.2, 0.25) is 0 Å². The molecule has 0 radical (unpaired) electrons. The first-order valence-corrected chi connectivity index (χ1v) is 5.66. The van der Waals surface area contributed by atoms with Gasteiger partial charge in [-0.1, -0.05) is 19.4 Å². The summed E-state index contributed by atoms with van der Waals surface area (Å²) in [5.74, 6) is 0.184. The maximum Gasteiger partial charge on any atom is 1.00 e. The summed E-state index contributed by atoms with van der Waals surface area (Å²) in [6, 6.07) is 0. The normalized spacial score (nSPS) is 13.1. The summed E-state index contributed by atoms with van der Waals surface area (Å²) >= 11 is 0. The molecule has 0 aliphatic heterocycles. The molecular weight excluding hydrogens is 199 g/mol. The molecule has 0 saturated carbocycles. The largest absolute Gasteiger partial charge is 1.00 e. The van der Waals surface area contributed by atoms with Gasteiger partial charge < -0.3 is 1.43 Å². The minimum absolute atomic E-state index is 0. The summed E-state index contributed by atoms with van der Waals surface area (Å²) < 4.78 is 29.2. The number of rotatable bonds is 6. The molecule has 0 aliphatic rings. The van der Waals surface area contributed by atoms with E-state index < -0.39 is 10.1 Å². The Hall–Kier alpha value is 0.650. The van der Waals surface area contributed by atoms with Crippen LogP contribution in [-0.4, -0.2) is 18.7 Å². The van der Waals surface area contributed by atoms with Crippen LogP contribution in [0.15, 0.2) is 12.7 Å². The smallest absolute Gasteiger partial charge is 1.00 e. The van der Waals surface area contributed by atoms with Crippen molar-refractivity contribution in [3.8, 4) is 0 Å². The van der Waals surface area contributed by atoms with Crippen LogP contribution in [0.4, 0.5) is 0 Å². The number of allylic oxidation sites excluding steroid dienone is 1. The van der Waals surface area contributed by atoms with Gasteiger partial charge in [0.05, 0.1) is 5.75 Å². The van der Waals surface area contributed by atoms with Gasteiger partial charge in [-0.05, 0) is 18.8 Å². The Bertz CT molecular complexity index is 229. The quantitative estimate of drug-likeness (QED) is 0.351. The second kappa shape index (κ2) is 8.00. The van der Waals surface area contributed by atoms with Gasteiger partial charge in [-0.15, -0.1) is 6.58 Å². The molecule has 0 bridgehead atoms. The molecule has 0 saturated heterocycles. The van der Waals surface area contributed by atoms with Crippen molar-refractivity contribution in [2.45, 2.75) is 26.2 Å². The Balaban J connectivity index is -0.000000605. The Morgan fingerprint density at radius 3 is 2.46 bits per heavy atom. The first-order valence-electron chi connectivity index (χ1n) is 4.05. The van der Waals surface area contributed by atoms with Crippen LogP contribution in [0.3, 0.4) is 0 Å². The van der Waals surface area contributed by atoms with E-state index >= 15 is 0 Å². The third-order valence-corrected chi connectivity index (χ3v) is 2.61. The molecule has 1 atom stereocenters. The number of hydrogen-bond donors (Lipinski definition) is 1. The average molecular weight is 216 g/mol. The molecule has 13 heavy (non-hydrogen) atoms. The summed E-state index contributed by atoms with van der Waals surface area (Å²) in [6.07, 6.45) is 4.02. The van der Waals surface area contributed by atoms with E-state index in [0.717, 1.165) is 12.8 Å². The van der Waals surface area contributed by atoms with E-state index in [0.29, 0.717) is 12.3 Å². The second-order valence-corrected chi connectivity index (χ2v) is 4.45. The third kappa shape index (κ3) is 10.6. The fourth-order valence-corrected chi connectivity index (χ4v) is 1.67. The molecular formula is C8H17NaO3S. The van der Waals surface area contributed by atoms with Crippen molar-refractivity contribution in [1.29, 1.82) is 0 Å². The standard InChI is InChI=1S/C8H16O3S.Na.H/c1-3-5-8(4-2)6-7-12(9,10)11;;/h3,8H,1,4-7H2,2H3,(H,9,10,11);;/q;+1;-1. The topological polar surface area (TPSA) is 54.4 Å². The molecule has 0 fully saturated rings. The van der Waals surface area contributed by atoms with E-state index in [-0.39, 0.29) is 36.7 Å². The maximum absolute atomic E-state index is 10.4. The first-order chi connectivity index (χ1) is 5.49. The molecule has 0 spiro atoms. The van der Waals surface area contributed by atoms with Crippen LogP contribution >= 0.6 is 0 Å². The average Bonchev–Trinajstić information content (AvgIpc) is 1.96. The summed E-state index contributed by atoms with van der Waals surface area (Å²) in [5, 5.41) is 0. The van der Waals surface area contributed by atoms with E-state index in [2.05, 4.69) is 6.58 Å². The van der Waals surface area contributed by atoms with E-state index in [4.69, 9.17) is 4.55 Å². The fraction of sp³-hybridized carbons (Fsp3) is 0.750. The van der Waals surface area contributed by atoms with E-state index in [9.17, 15) is 8.42 Å². The van der Waals surface area contributed by atoms with Crippen molar-refractivity contribution in [3.05, 3.63) is 12.7 Å². The van der Waals surface area contributed by atoms with Crippen molar-refractivity contribution < 1.29 is 44.0 Å². The molecule has 74 valence electrons. The van der Waals surface area contributed by atoms with Gasteiger partial charge in [0.2, 0.25) is 0 Å². The molecule has 0 aromatic rings. The van der Waals surface area contributed by atoms with Crippen molar-refractivity contribution in [3.63, 3.8) is 0 Å². The molecule has 0 aromatic carbocycles. The molecule has 1 N–H and O–H groups in total. The van der Waals surface area contributed by atoms with E-state index in [1.54, 1.807) is 6.08 Å². The van der Waals surface area contributed by atoms with Crippen LogP contribution in [-0.2, 0) is 10.1 Å². The van der Waals surface area contributed by atoms with Gasteiger partial charge in [-0.25, -0.2) is 0 Å². The van der Waals surface area contributed by atoms with Crippen LogP contribution in [0.5, 0.6) is 0 Å². The minimum Gasteiger partial charge on any atom is -1.00 e. The maximum atomic E-state index is 10.4. The monoisotopic (exact) mass is 216 g/mol. The van der Waals surface area contributed by atoms with Crippen LogP contribution in [0.1, 0.15) is 27.6 Å². The van der Waals surface area contributed by atoms with Crippen LogP contribution < -0.4 is 29.6 Å². The molecule has 0 heterocycles. The zero-order chi connectivity index (χ0) is 9.61. The van der Waals surface area contributed by atoms with Gasteiger partial charge in [0.1, 0.15) is 0 Å². The summed E-state index contributed by atoms with van der Waals surface area (Å²) in [7, 11) is -3.78. The molecule has 0 amide bonds. The van der Waals surface area contributed by atoms with Gasteiger partial charge in [0.15, 0.2) is 0 Å². The van der Waals surface area contributed by atoms with Gasteiger partial charge in [-0.2, -0.15) is 8.42 Å². The summed E-state index contributed by atoms with van der Waals surface area (Å²) in [6.45, 7) is 5.58. The molecule has 0 aromatic heterocycles. The van der Waals surface area contributed by atoms with Crippen molar-refractivity contribution in [2.75, 3.05) is 5.75 Å². The van der Waals surface area contributed by atoms with Crippen molar-refractivity contribution in [1.82, 2.24) is 0 Å². The van der Waals surface area contributed by atoms with Gasteiger partial charge in [0.25, 0.3) is 10.1 Å². The molecule has 5 heteroatoms. The van der Waals surface area contributed by atoms with Gasteiger partial charge in [-0.3, -0.25) is 4.55 Å². The Labute approximate surface area is 104 Å². The van der Waals surface area contributed by atoms with Gasteiger partial charge in [0, 0.05) is 0 Å².